The zero-order valence-corrected chi connectivity index (χ0v) is 10.5. The fraction of sp³-hybridized carbons (Fsp3) is 0.385. The number of aromatic nitrogens is 3. The van der Waals surface area contributed by atoms with Crippen LogP contribution in [-0.2, 0) is 6.54 Å². The quantitative estimate of drug-likeness (QED) is 0.874. The molecule has 90 valence electrons. The third-order valence-electron chi connectivity index (χ3n) is 2.56. The number of hydrogen-bond acceptors (Lipinski definition) is 3. The van der Waals surface area contributed by atoms with Crippen LogP contribution in [0.1, 0.15) is 25.1 Å². The second kappa shape index (κ2) is 5.10. The van der Waals surface area contributed by atoms with E-state index in [1.54, 1.807) is 6.20 Å². The van der Waals surface area contributed by atoms with Gasteiger partial charge in [-0.15, -0.1) is 5.10 Å². The second-order valence-corrected chi connectivity index (χ2v) is 4.51. The van der Waals surface area contributed by atoms with E-state index in [0.717, 1.165) is 17.9 Å². The fourth-order valence-electron chi connectivity index (χ4n) is 1.66. The third kappa shape index (κ3) is 2.91. The molecule has 0 aliphatic carbocycles. The average molecular weight is 230 g/mol. The molecule has 0 saturated carbocycles. The molecule has 0 saturated heterocycles. The van der Waals surface area contributed by atoms with Crippen molar-refractivity contribution in [3.05, 3.63) is 41.7 Å². The zero-order chi connectivity index (χ0) is 12.3. The van der Waals surface area contributed by atoms with Crippen LogP contribution in [0.3, 0.4) is 0 Å². The van der Waals surface area contributed by atoms with E-state index in [2.05, 4.69) is 48.5 Å². The number of aryl methyl sites for hydroxylation is 1. The van der Waals surface area contributed by atoms with Crippen LogP contribution in [-0.4, -0.2) is 21.0 Å². The van der Waals surface area contributed by atoms with Crippen LogP contribution in [0.4, 0.5) is 0 Å². The highest BCUT2D eigenvalue weighted by Crippen LogP contribution is 2.11. The summed E-state index contributed by atoms with van der Waals surface area (Å²) >= 11 is 0. The Balaban J connectivity index is 2.24. The molecule has 4 nitrogen and oxygen atoms in total. The predicted molar refractivity (Wildman–Crippen MR) is 68.1 cm³/mol. The summed E-state index contributed by atoms with van der Waals surface area (Å²) in [7, 11) is 0. The van der Waals surface area contributed by atoms with Crippen LogP contribution in [0.2, 0.25) is 0 Å². The monoisotopic (exact) mass is 230 g/mol. The van der Waals surface area contributed by atoms with Gasteiger partial charge in [0.2, 0.25) is 0 Å². The summed E-state index contributed by atoms with van der Waals surface area (Å²) in [4.78, 5) is 0. The minimum absolute atomic E-state index is 0.454. The molecule has 0 radical (unpaired) electrons. The molecule has 17 heavy (non-hydrogen) atoms. The summed E-state index contributed by atoms with van der Waals surface area (Å²) < 4.78 is 1.88. The summed E-state index contributed by atoms with van der Waals surface area (Å²) in [6, 6.07) is 8.71. The summed E-state index contributed by atoms with van der Waals surface area (Å²) in [6.45, 7) is 7.10. The van der Waals surface area contributed by atoms with Crippen LogP contribution in [0.25, 0.3) is 5.69 Å². The summed E-state index contributed by atoms with van der Waals surface area (Å²) in [5, 5.41) is 11.5. The molecular weight excluding hydrogens is 212 g/mol. The first kappa shape index (κ1) is 11.8. The molecule has 0 unspecified atom stereocenters. The maximum Gasteiger partial charge on any atom is 0.0783 e. The van der Waals surface area contributed by atoms with E-state index in [1.807, 2.05) is 16.8 Å². The number of benzene rings is 1. The van der Waals surface area contributed by atoms with Crippen molar-refractivity contribution < 1.29 is 0 Å². The molecular formula is C13H18N4. The zero-order valence-electron chi connectivity index (χ0n) is 10.5. The largest absolute Gasteiger partial charge is 0.309 e. The van der Waals surface area contributed by atoms with Crippen molar-refractivity contribution in [2.75, 3.05) is 0 Å². The van der Waals surface area contributed by atoms with Gasteiger partial charge in [-0.1, -0.05) is 31.2 Å². The fourth-order valence-corrected chi connectivity index (χ4v) is 1.66. The van der Waals surface area contributed by atoms with Crippen LogP contribution >= 0.6 is 0 Å². The molecule has 2 aromatic rings. The van der Waals surface area contributed by atoms with E-state index in [4.69, 9.17) is 0 Å². The lowest BCUT2D eigenvalue weighted by Gasteiger charge is -2.10. The standard InChI is InChI=1S/C13H18N4/c1-10(2)14-8-13-9-15-16-17(13)12-6-4-5-11(3)7-12/h4-7,9-10,14H,8H2,1-3H3. The minimum Gasteiger partial charge on any atom is -0.309 e. The SMILES string of the molecule is Cc1cccc(-n2nncc2CNC(C)C)c1. The first-order valence-electron chi connectivity index (χ1n) is 5.87. The summed E-state index contributed by atoms with van der Waals surface area (Å²) in [6.07, 6.45) is 1.80. The smallest absolute Gasteiger partial charge is 0.0783 e. The number of nitrogens with zero attached hydrogens (tertiary/aromatic N) is 3. The van der Waals surface area contributed by atoms with Crippen molar-refractivity contribution in [1.82, 2.24) is 20.3 Å². The molecule has 0 atom stereocenters. The Hall–Kier alpha value is -1.68. The summed E-state index contributed by atoms with van der Waals surface area (Å²) in [5.74, 6) is 0. The van der Waals surface area contributed by atoms with Crippen molar-refractivity contribution in [1.29, 1.82) is 0 Å². The molecule has 1 aromatic heterocycles. The van der Waals surface area contributed by atoms with Gasteiger partial charge in [0.1, 0.15) is 0 Å². The van der Waals surface area contributed by atoms with E-state index in [9.17, 15) is 0 Å². The first-order chi connectivity index (χ1) is 8.16. The van der Waals surface area contributed by atoms with Crippen molar-refractivity contribution in [2.45, 2.75) is 33.4 Å². The molecule has 0 spiro atoms. The summed E-state index contributed by atoms with van der Waals surface area (Å²) in [5.41, 5.74) is 3.35. The molecule has 2 rings (SSSR count). The lowest BCUT2D eigenvalue weighted by Crippen LogP contribution is -2.23. The topological polar surface area (TPSA) is 42.7 Å². The average Bonchev–Trinajstić information content (AvgIpc) is 2.74. The molecule has 0 bridgehead atoms. The van der Waals surface area contributed by atoms with Crippen molar-refractivity contribution in [3.8, 4) is 5.69 Å². The Morgan fingerprint density at radius 2 is 2.18 bits per heavy atom. The Morgan fingerprint density at radius 3 is 2.88 bits per heavy atom. The number of hydrogen-bond donors (Lipinski definition) is 1. The third-order valence-corrected chi connectivity index (χ3v) is 2.56. The van der Waals surface area contributed by atoms with Gasteiger partial charge < -0.3 is 5.32 Å². The molecule has 0 fully saturated rings. The van der Waals surface area contributed by atoms with Gasteiger partial charge in [0.15, 0.2) is 0 Å². The van der Waals surface area contributed by atoms with Crippen LogP contribution in [0.5, 0.6) is 0 Å². The van der Waals surface area contributed by atoms with E-state index in [-0.39, 0.29) is 0 Å². The lowest BCUT2D eigenvalue weighted by atomic mass is 10.2. The molecule has 1 aromatic carbocycles. The molecule has 0 amide bonds. The molecule has 0 aliphatic heterocycles. The van der Waals surface area contributed by atoms with Gasteiger partial charge >= 0.3 is 0 Å². The van der Waals surface area contributed by atoms with E-state index >= 15 is 0 Å². The second-order valence-electron chi connectivity index (χ2n) is 4.51. The Kier molecular flexibility index (Phi) is 3.54. The van der Waals surface area contributed by atoms with Crippen molar-refractivity contribution >= 4 is 0 Å². The van der Waals surface area contributed by atoms with E-state index in [0.29, 0.717) is 6.04 Å². The van der Waals surface area contributed by atoms with E-state index < -0.39 is 0 Å². The van der Waals surface area contributed by atoms with Gasteiger partial charge in [0, 0.05) is 12.6 Å². The normalized spacial score (nSPS) is 11.1. The van der Waals surface area contributed by atoms with Crippen molar-refractivity contribution in [2.24, 2.45) is 0 Å². The first-order valence-corrected chi connectivity index (χ1v) is 5.87. The minimum atomic E-state index is 0.454. The maximum atomic E-state index is 4.13. The Bertz CT molecular complexity index is 488. The Morgan fingerprint density at radius 1 is 1.35 bits per heavy atom. The van der Waals surface area contributed by atoms with Crippen LogP contribution in [0, 0.1) is 6.92 Å². The number of nitrogens with one attached hydrogen (secondary N) is 1. The number of rotatable bonds is 4. The molecule has 1 heterocycles. The van der Waals surface area contributed by atoms with Crippen LogP contribution < -0.4 is 5.32 Å². The highest BCUT2D eigenvalue weighted by molar-refractivity contribution is 5.35. The molecule has 1 N–H and O–H groups in total. The van der Waals surface area contributed by atoms with Crippen molar-refractivity contribution in [3.63, 3.8) is 0 Å². The van der Waals surface area contributed by atoms with Gasteiger partial charge in [-0.2, -0.15) is 0 Å². The maximum absolute atomic E-state index is 4.13. The molecule has 0 aliphatic rings. The van der Waals surface area contributed by atoms with Gasteiger partial charge in [-0.05, 0) is 24.6 Å². The van der Waals surface area contributed by atoms with Gasteiger partial charge in [0.25, 0.3) is 0 Å². The predicted octanol–water partition coefficient (Wildman–Crippen LogP) is 2.07. The Labute approximate surface area is 102 Å². The van der Waals surface area contributed by atoms with Gasteiger partial charge in [-0.3, -0.25) is 0 Å². The van der Waals surface area contributed by atoms with Crippen LogP contribution in [0.15, 0.2) is 30.5 Å². The highest BCUT2D eigenvalue weighted by atomic mass is 15.4. The van der Waals surface area contributed by atoms with E-state index in [1.165, 1.54) is 5.56 Å². The molecule has 4 heteroatoms. The van der Waals surface area contributed by atoms with Gasteiger partial charge in [0.05, 0.1) is 17.6 Å². The van der Waals surface area contributed by atoms with Gasteiger partial charge in [-0.25, -0.2) is 4.68 Å². The highest BCUT2D eigenvalue weighted by Gasteiger charge is 2.06. The lowest BCUT2D eigenvalue weighted by molar-refractivity contribution is 0.570.